The predicted octanol–water partition coefficient (Wildman–Crippen LogP) is 0.855. The first-order valence-electron chi connectivity index (χ1n) is 3.87. The zero-order valence-electron chi connectivity index (χ0n) is 7.93. The smallest absolute Gasteiger partial charge is 0.313 e. The molecule has 78 valence electrons. The molecule has 14 heavy (non-hydrogen) atoms. The van der Waals surface area contributed by atoms with E-state index in [2.05, 4.69) is 10.1 Å². The first-order valence-corrected chi connectivity index (χ1v) is 6.25. The fourth-order valence-corrected chi connectivity index (χ4v) is 1.89. The van der Waals surface area contributed by atoms with E-state index in [1.807, 2.05) is 6.26 Å². The Hall–Kier alpha value is -0.690. The summed E-state index contributed by atoms with van der Waals surface area (Å²) in [6, 6.07) is 0. The number of rotatable bonds is 5. The van der Waals surface area contributed by atoms with Crippen LogP contribution in [-0.2, 0) is 17.6 Å². The number of carbonyl (C=O) groups is 1. The van der Waals surface area contributed by atoms with Crippen LogP contribution in [0.3, 0.4) is 0 Å². The topological polar surface area (TPSA) is 68.0 Å². The van der Waals surface area contributed by atoms with Crippen LogP contribution in [0.2, 0.25) is 0 Å². The maximum Gasteiger partial charge on any atom is 0.313 e. The van der Waals surface area contributed by atoms with Gasteiger partial charge in [0.25, 0.3) is 0 Å². The molecule has 0 aliphatic heterocycles. The third kappa shape index (κ3) is 3.22. The van der Waals surface area contributed by atoms with Gasteiger partial charge in [-0.2, -0.15) is 16.9 Å². The minimum absolute atomic E-state index is 0.0191. The third-order valence-corrected chi connectivity index (χ3v) is 2.92. The summed E-state index contributed by atoms with van der Waals surface area (Å²) < 4.78 is 1.61. The van der Waals surface area contributed by atoms with Crippen molar-refractivity contribution >= 4 is 29.5 Å². The molecule has 0 bridgehead atoms. The molecule has 0 aliphatic rings. The molecule has 1 heterocycles. The van der Waals surface area contributed by atoms with Crippen molar-refractivity contribution in [3.63, 3.8) is 0 Å². The highest BCUT2D eigenvalue weighted by atomic mass is 32.2. The van der Waals surface area contributed by atoms with Crippen LogP contribution in [0.5, 0.6) is 0 Å². The molecule has 0 amide bonds. The molecular formula is C7H11N3O2S2. The van der Waals surface area contributed by atoms with Gasteiger partial charge >= 0.3 is 5.97 Å². The molecule has 0 spiro atoms. The average Bonchev–Trinajstić information content (AvgIpc) is 2.44. The molecule has 1 rings (SSSR count). The van der Waals surface area contributed by atoms with Crippen molar-refractivity contribution in [1.82, 2.24) is 14.8 Å². The number of carboxylic acid groups (broad SMARTS) is 1. The summed E-state index contributed by atoms with van der Waals surface area (Å²) in [5.74, 6) is 0.671. The molecule has 7 heteroatoms. The van der Waals surface area contributed by atoms with Crippen molar-refractivity contribution in [1.29, 1.82) is 0 Å². The van der Waals surface area contributed by atoms with Gasteiger partial charge in [0, 0.05) is 7.05 Å². The number of nitrogens with zero attached hydrogens (tertiary/aromatic N) is 3. The first kappa shape index (κ1) is 11.4. The predicted molar refractivity (Wildman–Crippen MR) is 56.6 cm³/mol. The van der Waals surface area contributed by atoms with Crippen molar-refractivity contribution in [2.45, 2.75) is 10.9 Å². The lowest BCUT2D eigenvalue weighted by molar-refractivity contribution is -0.133. The Balaban J connectivity index is 2.62. The van der Waals surface area contributed by atoms with Crippen LogP contribution in [0.15, 0.2) is 5.16 Å². The summed E-state index contributed by atoms with van der Waals surface area (Å²) in [5, 5.41) is 13.3. The van der Waals surface area contributed by atoms with E-state index in [1.165, 1.54) is 11.8 Å². The highest BCUT2D eigenvalue weighted by Crippen LogP contribution is 2.15. The molecule has 0 atom stereocenters. The lowest BCUT2D eigenvalue weighted by Gasteiger charge is -1.94. The summed E-state index contributed by atoms with van der Waals surface area (Å²) in [6.07, 6.45) is 1.97. The standard InChI is InChI=1S/C7H11N3O2S2/c1-10-7(14-4-6(11)12)8-5(9-10)3-13-2/h3-4H2,1-2H3,(H,11,12). The molecule has 1 aromatic heterocycles. The van der Waals surface area contributed by atoms with Crippen LogP contribution in [-0.4, -0.2) is 37.8 Å². The second-order valence-electron chi connectivity index (χ2n) is 2.55. The van der Waals surface area contributed by atoms with Gasteiger partial charge in [0.05, 0.1) is 11.5 Å². The maximum atomic E-state index is 10.3. The lowest BCUT2D eigenvalue weighted by atomic mass is 10.7. The fraction of sp³-hybridized carbons (Fsp3) is 0.571. The second kappa shape index (κ2) is 5.26. The number of hydrogen-bond donors (Lipinski definition) is 1. The Morgan fingerprint density at radius 2 is 2.36 bits per heavy atom. The molecule has 1 N–H and O–H groups in total. The Bertz CT molecular complexity index is 327. The molecule has 5 nitrogen and oxygen atoms in total. The van der Waals surface area contributed by atoms with Crippen molar-refractivity contribution < 1.29 is 9.90 Å². The van der Waals surface area contributed by atoms with Crippen LogP contribution >= 0.6 is 23.5 Å². The van der Waals surface area contributed by atoms with E-state index in [9.17, 15) is 4.79 Å². The molecule has 0 radical (unpaired) electrons. The molecule has 0 saturated carbocycles. The van der Waals surface area contributed by atoms with E-state index in [1.54, 1.807) is 23.5 Å². The second-order valence-corrected chi connectivity index (χ2v) is 4.36. The van der Waals surface area contributed by atoms with Gasteiger partial charge < -0.3 is 5.11 Å². The van der Waals surface area contributed by atoms with Crippen molar-refractivity contribution in [2.24, 2.45) is 7.05 Å². The Morgan fingerprint density at radius 1 is 1.64 bits per heavy atom. The quantitative estimate of drug-likeness (QED) is 0.761. The maximum absolute atomic E-state index is 10.3. The van der Waals surface area contributed by atoms with Gasteiger partial charge in [-0.15, -0.1) is 0 Å². The van der Waals surface area contributed by atoms with Gasteiger partial charge in [0.2, 0.25) is 0 Å². The molecule has 0 aromatic carbocycles. The Kier molecular flexibility index (Phi) is 4.27. The summed E-state index contributed by atoms with van der Waals surface area (Å²) >= 11 is 2.82. The van der Waals surface area contributed by atoms with Gasteiger partial charge in [-0.05, 0) is 6.26 Å². The molecule has 1 aromatic rings. The zero-order valence-corrected chi connectivity index (χ0v) is 9.56. The SMILES string of the molecule is CSCc1nc(SCC(=O)O)n(C)n1. The van der Waals surface area contributed by atoms with Gasteiger partial charge in [-0.25, -0.2) is 9.67 Å². The van der Waals surface area contributed by atoms with E-state index in [-0.39, 0.29) is 5.75 Å². The van der Waals surface area contributed by atoms with E-state index in [0.29, 0.717) is 5.16 Å². The minimum Gasteiger partial charge on any atom is -0.481 e. The normalized spacial score (nSPS) is 10.4. The van der Waals surface area contributed by atoms with E-state index in [4.69, 9.17) is 5.11 Å². The summed E-state index contributed by atoms with van der Waals surface area (Å²) in [6.45, 7) is 0. The van der Waals surface area contributed by atoms with Crippen LogP contribution in [0, 0.1) is 0 Å². The molecule has 0 saturated heterocycles. The van der Waals surface area contributed by atoms with Crippen molar-refractivity contribution in [3.05, 3.63) is 5.82 Å². The minimum atomic E-state index is -0.843. The zero-order chi connectivity index (χ0) is 10.6. The van der Waals surface area contributed by atoms with Gasteiger partial charge in [-0.3, -0.25) is 4.79 Å². The molecular weight excluding hydrogens is 222 g/mol. The monoisotopic (exact) mass is 233 g/mol. The summed E-state index contributed by atoms with van der Waals surface area (Å²) in [5.41, 5.74) is 0. The van der Waals surface area contributed by atoms with E-state index in [0.717, 1.165) is 11.6 Å². The number of aryl methyl sites for hydroxylation is 1. The number of thioether (sulfide) groups is 2. The van der Waals surface area contributed by atoms with Crippen LogP contribution < -0.4 is 0 Å². The van der Waals surface area contributed by atoms with Gasteiger partial charge in [0.15, 0.2) is 11.0 Å². The summed E-state index contributed by atoms with van der Waals surface area (Å²) in [7, 11) is 1.76. The van der Waals surface area contributed by atoms with Crippen LogP contribution in [0.4, 0.5) is 0 Å². The lowest BCUT2D eigenvalue weighted by Crippen LogP contribution is -2.00. The molecule has 0 aliphatic carbocycles. The average molecular weight is 233 g/mol. The van der Waals surface area contributed by atoms with Crippen molar-refractivity contribution in [2.75, 3.05) is 12.0 Å². The number of aromatic nitrogens is 3. The number of aliphatic carboxylic acids is 1. The number of carboxylic acids is 1. The fourth-order valence-electron chi connectivity index (χ4n) is 0.863. The Morgan fingerprint density at radius 3 is 2.93 bits per heavy atom. The molecule has 0 unspecified atom stereocenters. The van der Waals surface area contributed by atoms with E-state index >= 15 is 0 Å². The van der Waals surface area contributed by atoms with Gasteiger partial charge in [-0.1, -0.05) is 11.8 Å². The van der Waals surface area contributed by atoms with E-state index < -0.39 is 5.97 Å². The summed E-state index contributed by atoms with van der Waals surface area (Å²) in [4.78, 5) is 14.5. The highest BCUT2D eigenvalue weighted by molar-refractivity contribution is 7.99. The van der Waals surface area contributed by atoms with Crippen LogP contribution in [0.1, 0.15) is 5.82 Å². The highest BCUT2D eigenvalue weighted by Gasteiger charge is 2.08. The van der Waals surface area contributed by atoms with Crippen molar-refractivity contribution in [3.8, 4) is 0 Å². The number of hydrogen-bond acceptors (Lipinski definition) is 5. The van der Waals surface area contributed by atoms with Crippen LogP contribution in [0.25, 0.3) is 0 Å². The molecule has 0 fully saturated rings. The Labute approximate surface area is 90.3 Å². The third-order valence-electron chi connectivity index (χ3n) is 1.37. The largest absolute Gasteiger partial charge is 0.481 e. The van der Waals surface area contributed by atoms with Gasteiger partial charge in [0.1, 0.15) is 0 Å². The first-order chi connectivity index (χ1) is 6.63.